The molecule has 0 bridgehead atoms. The number of hydrogen-bond acceptors (Lipinski definition) is 5. The van der Waals surface area contributed by atoms with Gasteiger partial charge in [0.1, 0.15) is 0 Å². The number of pyridine rings is 1. The normalized spacial score (nSPS) is 10.2. The molecular formula is C17H12N4O3. The SMILES string of the molecule is O=C(O)c1cnc(NC(=O)c2cccnc2-c2ccccc2)cn1. The first kappa shape index (κ1) is 15.3. The second-order valence-corrected chi connectivity index (χ2v) is 4.81. The van der Waals surface area contributed by atoms with Gasteiger partial charge in [-0.3, -0.25) is 9.78 Å². The number of carbonyl (C=O) groups excluding carboxylic acids is 1. The molecule has 1 amide bonds. The van der Waals surface area contributed by atoms with Crippen molar-refractivity contribution in [3.63, 3.8) is 0 Å². The minimum absolute atomic E-state index is 0.160. The molecule has 0 radical (unpaired) electrons. The summed E-state index contributed by atoms with van der Waals surface area (Å²) in [6.07, 6.45) is 3.89. The highest BCUT2D eigenvalue weighted by Crippen LogP contribution is 2.21. The average molecular weight is 320 g/mol. The first-order valence-electron chi connectivity index (χ1n) is 7.02. The van der Waals surface area contributed by atoms with Crippen LogP contribution in [0.4, 0.5) is 5.82 Å². The van der Waals surface area contributed by atoms with E-state index in [-0.39, 0.29) is 11.5 Å². The summed E-state index contributed by atoms with van der Waals surface area (Å²) in [7, 11) is 0. The summed E-state index contributed by atoms with van der Waals surface area (Å²) in [5.74, 6) is -1.42. The maximum absolute atomic E-state index is 12.5. The van der Waals surface area contributed by atoms with E-state index in [1.54, 1.807) is 18.3 Å². The van der Waals surface area contributed by atoms with Crippen molar-refractivity contribution in [2.24, 2.45) is 0 Å². The molecule has 0 atom stereocenters. The van der Waals surface area contributed by atoms with Crippen molar-refractivity contribution < 1.29 is 14.7 Å². The molecule has 118 valence electrons. The number of benzene rings is 1. The van der Waals surface area contributed by atoms with Gasteiger partial charge >= 0.3 is 5.97 Å². The Morgan fingerprint density at radius 3 is 2.38 bits per heavy atom. The molecule has 0 saturated carbocycles. The van der Waals surface area contributed by atoms with Gasteiger partial charge in [-0.25, -0.2) is 14.8 Å². The summed E-state index contributed by atoms with van der Waals surface area (Å²) in [5.41, 5.74) is 1.55. The third-order valence-corrected chi connectivity index (χ3v) is 3.21. The number of hydrogen-bond donors (Lipinski definition) is 2. The fourth-order valence-corrected chi connectivity index (χ4v) is 2.10. The number of amides is 1. The molecule has 2 heterocycles. The number of carboxylic acids is 1. The van der Waals surface area contributed by atoms with Gasteiger partial charge in [-0.1, -0.05) is 30.3 Å². The Labute approximate surface area is 137 Å². The monoisotopic (exact) mass is 320 g/mol. The molecule has 2 aromatic heterocycles. The van der Waals surface area contributed by atoms with Crippen LogP contribution in [0.25, 0.3) is 11.3 Å². The fourth-order valence-electron chi connectivity index (χ4n) is 2.10. The summed E-state index contributed by atoms with van der Waals surface area (Å²) in [6.45, 7) is 0. The molecule has 1 aromatic carbocycles. The molecule has 7 nitrogen and oxygen atoms in total. The van der Waals surface area contributed by atoms with Gasteiger partial charge in [0.05, 0.1) is 23.7 Å². The lowest BCUT2D eigenvalue weighted by atomic mass is 10.1. The number of anilines is 1. The quantitative estimate of drug-likeness (QED) is 0.765. The van der Waals surface area contributed by atoms with Crippen molar-refractivity contribution in [3.05, 3.63) is 72.3 Å². The zero-order valence-corrected chi connectivity index (χ0v) is 12.4. The number of carboxylic acid groups (broad SMARTS) is 1. The van der Waals surface area contributed by atoms with E-state index in [0.717, 1.165) is 11.8 Å². The molecule has 2 N–H and O–H groups in total. The highest BCUT2D eigenvalue weighted by atomic mass is 16.4. The molecule has 3 rings (SSSR count). The molecule has 0 aliphatic carbocycles. The zero-order chi connectivity index (χ0) is 16.9. The van der Waals surface area contributed by atoms with E-state index in [2.05, 4.69) is 20.3 Å². The topological polar surface area (TPSA) is 105 Å². The lowest BCUT2D eigenvalue weighted by Crippen LogP contribution is -2.15. The molecule has 0 aliphatic heterocycles. The molecule has 0 spiro atoms. The van der Waals surface area contributed by atoms with E-state index in [0.29, 0.717) is 11.3 Å². The third kappa shape index (κ3) is 3.25. The Kier molecular flexibility index (Phi) is 4.24. The predicted octanol–water partition coefficient (Wildman–Crippen LogP) is 2.49. The number of nitrogens with zero attached hydrogens (tertiary/aromatic N) is 3. The molecular weight excluding hydrogens is 308 g/mol. The highest BCUT2D eigenvalue weighted by molar-refractivity contribution is 6.07. The maximum Gasteiger partial charge on any atom is 0.356 e. The van der Waals surface area contributed by atoms with Crippen LogP contribution in [0.2, 0.25) is 0 Å². The first-order valence-corrected chi connectivity index (χ1v) is 7.02. The highest BCUT2D eigenvalue weighted by Gasteiger charge is 2.15. The van der Waals surface area contributed by atoms with Crippen molar-refractivity contribution in [2.45, 2.75) is 0 Å². The number of rotatable bonds is 4. The van der Waals surface area contributed by atoms with Gasteiger partial charge in [0, 0.05) is 11.8 Å². The summed E-state index contributed by atoms with van der Waals surface area (Å²) >= 11 is 0. The minimum atomic E-state index is -1.18. The van der Waals surface area contributed by atoms with E-state index < -0.39 is 11.9 Å². The van der Waals surface area contributed by atoms with Gasteiger partial charge in [-0.2, -0.15) is 0 Å². The van der Waals surface area contributed by atoms with Crippen LogP contribution < -0.4 is 5.32 Å². The van der Waals surface area contributed by atoms with Gasteiger partial charge in [0.2, 0.25) is 0 Å². The van der Waals surface area contributed by atoms with Crippen molar-refractivity contribution in [1.82, 2.24) is 15.0 Å². The maximum atomic E-state index is 12.5. The van der Waals surface area contributed by atoms with E-state index in [1.165, 1.54) is 6.20 Å². The molecule has 0 unspecified atom stereocenters. The molecule has 0 saturated heterocycles. The Hall–Kier alpha value is -3.61. The average Bonchev–Trinajstić information content (AvgIpc) is 2.63. The van der Waals surface area contributed by atoms with E-state index in [9.17, 15) is 9.59 Å². The molecule has 24 heavy (non-hydrogen) atoms. The van der Waals surface area contributed by atoms with E-state index in [4.69, 9.17) is 5.11 Å². The van der Waals surface area contributed by atoms with Gasteiger partial charge in [0.15, 0.2) is 11.5 Å². The second kappa shape index (κ2) is 6.66. The second-order valence-electron chi connectivity index (χ2n) is 4.81. The van der Waals surface area contributed by atoms with Crippen molar-refractivity contribution in [3.8, 4) is 11.3 Å². The Bertz CT molecular complexity index is 880. The number of nitrogens with one attached hydrogen (secondary N) is 1. The molecule has 0 fully saturated rings. The van der Waals surface area contributed by atoms with Crippen LogP contribution in [0.15, 0.2) is 61.1 Å². The van der Waals surface area contributed by atoms with Crippen LogP contribution in [0.5, 0.6) is 0 Å². The van der Waals surface area contributed by atoms with E-state index >= 15 is 0 Å². The predicted molar refractivity (Wildman–Crippen MR) is 86.6 cm³/mol. The Morgan fingerprint density at radius 1 is 0.917 bits per heavy atom. The minimum Gasteiger partial charge on any atom is -0.476 e. The van der Waals surface area contributed by atoms with Gasteiger partial charge in [0.25, 0.3) is 5.91 Å². The van der Waals surface area contributed by atoms with Crippen LogP contribution in [-0.4, -0.2) is 31.9 Å². The number of aromatic carboxylic acids is 1. The lowest BCUT2D eigenvalue weighted by molar-refractivity contribution is 0.0690. The van der Waals surface area contributed by atoms with Crippen molar-refractivity contribution >= 4 is 17.7 Å². The summed E-state index contributed by atoms with van der Waals surface area (Å²) in [4.78, 5) is 35.1. The number of carbonyl (C=O) groups is 2. The van der Waals surface area contributed by atoms with Crippen LogP contribution in [0, 0.1) is 0 Å². The Balaban J connectivity index is 1.87. The van der Waals surface area contributed by atoms with Crippen molar-refractivity contribution in [2.75, 3.05) is 5.32 Å². The lowest BCUT2D eigenvalue weighted by Gasteiger charge is -2.09. The summed E-state index contributed by atoms with van der Waals surface area (Å²) in [6, 6.07) is 12.7. The zero-order valence-electron chi connectivity index (χ0n) is 12.4. The molecule has 3 aromatic rings. The molecule has 0 aliphatic rings. The van der Waals surface area contributed by atoms with E-state index in [1.807, 2.05) is 30.3 Å². The molecule has 7 heteroatoms. The standard InChI is InChI=1S/C17H12N4O3/c22-16(21-14-10-19-13(9-20-14)17(23)24)12-7-4-8-18-15(12)11-5-2-1-3-6-11/h1-10H,(H,23,24)(H,20,21,22). The van der Waals surface area contributed by atoms with Crippen LogP contribution in [0.1, 0.15) is 20.8 Å². The fraction of sp³-hybridized carbons (Fsp3) is 0. The smallest absolute Gasteiger partial charge is 0.356 e. The van der Waals surface area contributed by atoms with Crippen LogP contribution >= 0.6 is 0 Å². The van der Waals surface area contributed by atoms with Gasteiger partial charge in [-0.15, -0.1) is 0 Å². The van der Waals surface area contributed by atoms with Crippen LogP contribution in [-0.2, 0) is 0 Å². The first-order chi connectivity index (χ1) is 11.6. The number of aromatic nitrogens is 3. The van der Waals surface area contributed by atoms with Gasteiger partial charge in [-0.05, 0) is 12.1 Å². The van der Waals surface area contributed by atoms with Gasteiger partial charge < -0.3 is 10.4 Å². The summed E-state index contributed by atoms with van der Waals surface area (Å²) in [5, 5.41) is 11.4. The largest absolute Gasteiger partial charge is 0.476 e. The Morgan fingerprint density at radius 2 is 1.71 bits per heavy atom. The van der Waals surface area contributed by atoms with Crippen molar-refractivity contribution in [1.29, 1.82) is 0 Å². The summed E-state index contributed by atoms with van der Waals surface area (Å²) < 4.78 is 0. The third-order valence-electron chi connectivity index (χ3n) is 3.21. The van der Waals surface area contributed by atoms with Crippen LogP contribution in [0.3, 0.4) is 0 Å².